The number of sulfonamides is 1. The molecule has 1 heterocycles. The van der Waals surface area contributed by atoms with E-state index < -0.39 is 10.0 Å². The van der Waals surface area contributed by atoms with Crippen LogP contribution in [0, 0.1) is 0 Å². The maximum Gasteiger partial charge on any atom is 0.240 e. The molecule has 0 aromatic heterocycles. The Bertz CT molecular complexity index is 665. The average Bonchev–Trinajstić information content (AvgIpc) is 2.97. The largest absolute Gasteiger partial charge is 0.330 e. The first-order valence-electron chi connectivity index (χ1n) is 8.06. The van der Waals surface area contributed by atoms with E-state index in [4.69, 9.17) is 5.73 Å². The number of halogens is 1. The highest BCUT2D eigenvalue weighted by atomic mass is 35.5. The van der Waals surface area contributed by atoms with E-state index in [1.807, 2.05) is 0 Å². The van der Waals surface area contributed by atoms with Gasteiger partial charge in [0.1, 0.15) is 0 Å². The van der Waals surface area contributed by atoms with Crippen LogP contribution in [-0.2, 0) is 21.2 Å². The lowest BCUT2D eigenvalue weighted by atomic mass is 10.1. The average molecular weight is 376 g/mol. The van der Waals surface area contributed by atoms with Crippen molar-refractivity contribution in [3.63, 3.8) is 0 Å². The van der Waals surface area contributed by atoms with Crippen LogP contribution in [0.25, 0.3) is 0 Å². The van der Waals surface area contributed by atoms with E-state index >= 15 is 0 Å². The van der Waals surface area contributed by atoms with E-state index in [1.54, 1.807) is 23.1 Å². The fourth-order valence-electron chi connectivity index (χ4n) is 2.81. The van der Waals surface area contributed by atoms with Crippen LogP contribution in [0.1, 0.15) is 37.7 Å². The highest BCUT2D eigenvalue weighted by Gasteiger charge is 2.26. The Morgan fingerprint density at radius 2 is 1.96 bits per heavy atom. The van der Waals surface area contributed by atoms with Gasteiger partial charge >= 0.3 is 0 Å². The standard InChI is InChI=1S/C16H25N3O3S.ClH/c1-18-23(21,22)14-8-7-13-9-11-19(15(13)12-14)16(20)6-4-2-3-5-10-17;/h7-8,12,18H,2-6,9-11,17H2,1H3;1H. The zero-order chi connectivity index (χ0) is 16.9. The minimum absolute atomic E-state index is 0. The summed E-state index contributed by atoms with van der Waals surface area (Å²) in [5, 5.41) is 0. The Labute approximate surface area is 150 Å². The molecule has 1 aromatic rings. The molecule has 1 aromatic carbocycles. The summed E-state index contributed by atoms with van der Waals surface area (Å²) in [5.41, 5.74) is 7.21. The molecule has 24 heavy (non-hydrogen) atoms. The number of hydrogen-bond donors (Lipinski definition) is 2. The topological polar surface area (TPSA) is 92.5 Å². The first-order valence-corrected chi connectivity index (χ1v) is 9.55. The Kier molecular flexibility index (Phi) is 8.15. The van der Waals surface area contributed by atoms with Gasteiger partial charge in [-0.3, -0.25) is 4.79 Å². The molecule has 136 valence electrons. The van der Waals surface area contributed by atoms with Gasteiger partial charge in [0.25, 0.3) is 0 Å². The maximum atomic E-state index is 12.4. The maximum absolute atomic E-state index is 12.4. The number of carbonyl (C=O) groups excluding carboxylic acids is 1. The van der Waals surface area contributed by atoms with Crippen LogP contribution >= 0.6 is 12.4 Å². The molecule has 0 atom stereocenters. The van der Waals surface area contributed by atoms with Crippen LogP contribution in [0.15, 0.2) is 23.1 Å². The quantitative estimate of drug-likeness (QED) is 0.678. The van der Waals surface area contributed by atoms with E-state index in [-0.39, 0.29) is 23.2 Å². The zero-order valence-corrected chi connectivity index (χ0v) is 15.6. The van der Waals surface area contributed by atoms with Gasteiger partial charge in [0.2, 0.25) is 15.9 Å². The third-order valence-electron chi connectivity index (χ3n) is 4.18. The minimum Gasteiger partial charge on any atom is -0.330 e. The molecule has 0 spiro atoms. The molecule has 2 rings (SSSR count). The third kappa shape index (κ3) is 4.92. The predicted molar refractivity (Wildman–Crippen MR) is 98.1 cm³/mol. The van der Waals surface area contributed by atoms with Crippen LogP contribution in [0.5, 0.6) is 0 Å². The molecule has 0 radical (unpaired) electrons. The lowest BCUT2D eigenvalue weighted by Gasteiger charge is -2.18. The molecule has 1 aliphatic rings. The van der Waals surface area contributed by atoms with Gasteiger partial charge in [-0.15, -0.1) is 12.4 Å². The Morgan fingerprint density at radius 3 is 2.62 bits per heavy atom. The second-order valence-corrected chi connectivity index (χ2v) is 7.63. The Morgan fingerprint density at radius 1 is 1.25 bits per heavy atom. The summed E-state index contributed by atoms with van der Waals surface area (Å²) in [6.07, 6.45) is 5.15. The molecule has 0 unspecified atom stereocenters. The van der Waals surface area contributed by atoms with Crippen molar-refractivity contribution in [1.29, 1.82) is 0 Å². The molecular formula is C16H26ClN3O3S. The lowest BCUT2D eigenvalue weighted by molar-refractivity contribution is -0.118. The van der Waals surface area contributed by atoms with Crippen molar-refractivity contribution >= 4 is 34.0 Å². The minimum atomic E-state index is -3.50. The number of nitrogens with zero attached hydrogens (tertiary/aromatic N) is 1. The summed E-state index contributed by atoms with van der Waals surface area (Å²) < 4.78 is 26.2. The van der Waals surface area contributed by atoms with E-state index in [9.17, 15) is 13.2 Å². The second-order valence-electron chi connectivity index (χ2n) is 5.75. The Balaban J connectivity index is 0.00000288. The van der Waals surface area contributed by atoms with Crippen molar-refractivity contribution < 1.29 is 13.2 Å². The number of nitrogens with one attached hydrogen (secondary N) is 1. The SMILES string of the molecule is CNS(=O)(=O)c1ccc2c(c1)N(C(=O)CCCCCCN)CC2.Cl. The highest BCUT2D eigenvalue weighted by Crippen LogP contribution is 2.31. The van der Waals surface area contributed by atoms with Gasteiger partial charge in [-0.25, -0.2) is 13.1 Å². The van der Waals surface area contributed by atoms with Gasteiger partial charge in [0.15, 0.2) is 0 Å². The van der Waals surface area contributed by atoms with Gasteiger partial charge in [-0.1, -0.05) is 18.9 Å². The number of fused-ring (bicyclic) bond motifs is 1. The Hall–Kier alpha value is -1.15. The van der Waals surface area contributed by atoms with Gasteiger partial charge in [0.05, 0.1) is 4.90 Å². The second kappa shape index (κ2) is 9.36. The van der Waals surface area contributed by atoms with Gasteiger partial charge in [0, 0.05) is 18.7 Å². The zero-order valence-electron chi connectivity index (χ0n) is 14.0. The molecule has 0 saturated heterocycles. The van der Waals surface area contributed by atoms with E-state index in [0.29, 0.717) is 19.5 Å². The molecule has 6 nitrogen and oxygen atoms in total. The molecule has 0 fully saturated rings. The predicted octanol–water partition coefficient (Wildman–Crippen LogP) is 1.81. The first kappa shape index (κ1) is 20.9. The van der Waals surface area contributed by atoms with Crippen molar-refractivity contribution in [1.82, 2.24) is 4.72 Å². The van der Waals surface area contributed by atoms with Gasteiger partial charge < -0.3 is 10.6 Å². The number of unbranched alkanes of at least 4 members (excludes halogenated alkanes) is 3. The summed E-state index contributed by atoms with van der Waals surface area (Å²) in [7, 11) is -2.11. The summed E-state index contributed by atoms with van der Waals surface area (Å²) in [6, 6.07) is 4.99. The number of carbonyl (C=O) groups is 1. The van der Waals surface area contributed by atoms with E-state index in [0.717, 1.165) is 43.4 Å². The van der Waals surface area contributed by atoms with Crippen LogP contribution in [0.3, 0.4) is 0 Å². The monoisotopic (exact) mass is 375 g/mol. The molecule has 0 aliphatic carbocycles. The van der Waals surface area contributed by atoms with E-state index in [1.165, 1.54) is 7.05 Å². The number of nitrogens with two attached hydrogens (primary N) is 1. The summed E-state index contributed by atoms with van der Waals surface area (Å²) >= 11 is 0. The van der Waals surface area contributed by atoms with Crippen LogP contribution in [0.2, 0.25) is 0 Å². The fourth-order valence-corrected chi connectivity index (χ4v) is 3.56. The number of benzene rings is 1. The number of hydrogen-bond acceptors (Lipinski definition) is 4. The summed E-state index contributed by atoms with van der Waals surface area (Å²) in [4.78, 5) is 14.3. The third-order valence-corrected chi connectivity index (χ3v) is 5.59. The highest BCUT2D eigenvalue weighted by molar-refractivity contribution is 7.89. The fraction of sp³-hybridized carbons (Fsp3) is 0.562. The summed E-state index contributed by atoms with van der Waals surface area (Å²) in [5.74, 6) is 0.0653. The van der Waals surface area contributed by atoms with Crippen molar-refractivity contribution in [3.05, 3.63) is 23.8 Å². The van der Waals surface area contributed by atoms with Crippen LogP contribution < -0.4 is 15.4 Å². The van der Waals surface area contributed by atoms with Gasteiger partial charge in [-0.05, 0) is 50.6 Å². The molecule has 3 N–H and O–H groups in total. The molecular weight excluding hydrogens is 350 g/mol. The number of rotatable bonds is 8. The van der Waals surface area contributed by atoms with Crippen molar-refractivity contribution in [3.8, 4) is 0 Å². The molecule has 0 saturated carbocycles. The number of amides is 1. The van der Waals surface area contributed by atoms with Crippen molar-refractivity contribution in [2.24, 2.45) is 5.73 Å². The lowest BCUT2D eigenvalue weighted by Crippen LogP contribution is -2.28. The van der Waals surface area contributed by atoms with Crippen LogP contribution in [0.4, 0.5) is 5.69 Å². The van der Waals surface area contributed by atoms with Gasteiger partial charge in [-0.2, -0.15) is 0 Å². The molecule has 1 amide bonds. The van der Waals surface area contributed by atoms with Crippen molar-refractivity contribution in [2.75, 3.05) is 25.0 Å². The van der Waals surface area contributed by atoms with Crippen LogP contribution in [-0.4, -0.2) is 34.5 Å². The number of anilines is 1. The normalized spacial score (nSPS) is 13.5. The molecule has 8 heteroatoms. The van der Waals surface area contributed by atoms with Crippen molar-refractivity contribution in [2.45, 2.75) is 43.4 Å². The smallest absolute Gasteiger partial charge is 0.240 e. The van der Waals surface area contributed by atoms with E-state index in [2.05, 4.69) is 4.72 Å². The summed E-state index contributed by atoms with van der Waals surface area (Å²) in [6.45, 7) is 1.32. The first-order chi connectivity index (χ1) is 11.0. The molecule has 0 bridgehead atoms. The molecule has 1 aliphatic heterocycles.